The molecule has 0 radical (unpaired) electrons. The van der Waals surface area contributed by atoms with E-state index in [1.165, 1.54) is 6.20 Å². The van der Waals surface area contributed by atoms with Gasteiger partial charge in [0.25, 0.3) is 5.91 Å². The minimum absolute atomic E-state index is 0. The fourth-order valence-electron chi connectivity index (χ4n) is 1.79. The summed E-state index contributed by atoms with van der Waals surface area (Å²) in [5.74, 6) is 0.689. The summed E-state index contributed by atoms with van der Waals surface area (Å²) in [6.45, 7) is 0. The molecular weight excluding hydrogens is 299 g/mol. The number of carbonyl (C=O) groups excluding carboxylic acids is 1. The number of allylic oxidation sites excluding steroid dienone is 1. The molecular formula is C13H10Cl2N4O. The maximum atomic E-state index is 12.0. The zero-order valence-electron chi connectivity index (χ0n) is 10.2. The molecule has 7 heteroatoms. The molecule has 0 saturated heterocycles. The summed E-state index contributed by atoms with van der Waals surface area (Å²) in [6, 6.07) is 3.22. The number of hydrogen-bond donors (Lipinski definition) is 2. The quantitative estimate of drug-likeness (QED) is 0.601. The summed E-state index contributed by atoms with van der Waals surface area (Å²) in [5, 5.41) is 3.17. The Balaban J connectivity index is 0.00000147. The fourth-order valence-corrected chi connectivity index (χ4v) is 1.91. The Morgan fingerprint density at radius 3 is 2.90 bits per heavy atom. The molecule has 1 unspecified atom stereocenters. The number of aromatic nitrogens is 1. The number of carbonyl (C=O) groups is 1. The van der Waals surface area contributed by atoms with Crippen LogP contribution in [0.1, 0.15) is 10.4 Å². The van der Waals surface area contributed by atoms with E-state index in [0.29, 0.717) is 10.7 Å². The van der Waals surface area contributed by atoms with Crippen molar-refractivity contribution >= 4 is 23.3 Å². The highest BCUT2D eigenvalue weighted by Gasteiger charge is 2.20. The number of nitrogens with zero attached hydrogens (tertiary/aromatic N) is 2. The molecule has 1 amide bonds. The molecule has 1 atom stereocenters. The van der Waals surface area contributed by atoms with Crippen molar-refractivity contribution in [2.75, 3.05) is 0 Å². The van der Waals surface area contributed by atoms with Gasteiger partial charge in [-0.05, 0) is 18.2 Å². The summed E-state index contributed by atoms with van der Waals surface area (Å²) < 4.78 is 0. The number of quaternary nitrogens is 1. The van der Waals surface area contributed by atoms with Crippen LogP contribution in [0.4, 0.5) is 0 Å². The molecule has 2 aliphatic rings. The Kier molecular flexibility index (Phi) is 4.34. The number of pyridine rings is 1. The molecule has 20 heavy (non-hydrogen) atoms. The van der Waals surface area contributed by atoms with E-state index >= 15 is 0 Å². The Morgan fingerprint density at radius 1 is 1.30 bits per heavy atom. The summed E-state index contributed by atoms with van der Waals surface area (Å²) in [4.78, 5) is 21.0. The van der Waals surface area contributed by atoms with E-state index in [1.54, 1.807) is 18.3 Å². The second kappa shape index (κ2) is 6.00. The molecule has 2 aliphatic heterocycles. The van der Waals surface area contributed by atoms with Gasteiger partial charge in [0.1, 0.15) is 17.6 Å². The summed E-state index contributed by atoms with van der Waals surface area (Å²) in [6.07, 6.45) is 10.6. The topological polar surface area (TPSA) is 58.8 Å². The highest BCUT2D eigenvalue weighted by atomic mass is 35.5. The van der Waals surface area contributed by atoms with Gasteiger partial charge in [-0.1, -0.05) is 11.6 Å². The number of amidine groups is 1. The van der Waals surface area contributed by atoms with Crippen molar-refractivity contribution in [2.24, 2.45) is 4.99 Å². The minimum Gasteiger partial charge on any atom is -1.00 e. The maximum absolute atomic E-state index is 12.0. The monoisotopic (exact) mass is 308 g/mol. The molecule has 0 saturated carbocycles. The van der Waals surface area contributed by atoms with Crippen LogP contribution in [0.2, 0.25) is 5.15 Å². The largest absolute Gasteiger partial charge is 1.00 e. The van der Waals surface area contributed by atoms with E-state index in [-0.39, 0.29) is 18.3 Å². The lowest BCUT2D eigenvalue weighted by molar-refractivity contribution is -0.679. The van der Waals surface area contributed by atoms with Crippen LogP contribution in [0.15, 0.2) is 59.8 Å². The zero-order valence-corrected chi connectivity index (χ0v) is 11.7. The molecule has 3 heterocycles. The van der Waals surface area contributed by atoms with Gasteiger partial charge in [-0.25, -0.2) is 9.88 Å². The number of fused-ring (bicyclic) bond motifs is 1. The lowest BCUT2D eigenvalue weighted by atomic mass is 10.2. The van der Waals surface area contributed by atoms with E-state index in [4.69, 9.17) is 11.6 Å². The normalized spacial score (nSPS) is 18.8. The Labute approximate surface area is 126 Å². The van der Waals surface area contributed by atoms with Crippen molar-refractivity contribution in [3.8, 4) is 0 Å². The molecule has 102 valence electrons. The molecule has 1 aromatic heterocycles. The van der Waals surface area contributed by atoms with E-state index in [2.05, 4.69) is 15.3 Å². The van der Waals surface area contributed by atoms with Gasteiger partial charge in [0.15, 0.2) is 0 Å². The van der Waals surface area contributed by atoms with Crippen LogP contribution in [0.5, 0.6) is 0 Å². The van der Waals surface area contributed by atoms with E-state index in [0.717, 1.165) is 16.4 Å². The average Bonchev–Trinajstić information content (AvgIpc) is 2.87. The second-order valence-electron chi connectivity index (χ2n) is 4.04. The minimum atomic E-state index is -0.219. The first kappa shape index (κ1) is 14.5. The molecule has 1 aromatic rings. The number of rotatable bonds is 2. The molecule has 5 nitrogen and oxygen atoms in total. The van der Waals surface area contributed by atoms with E-state index in [9.17, 15) is 4.79 Å². The molecule has 0 spiro atoms. The molecule has 0 fully saturated rings. The number of aliphatic imine (C=N–C) groups is 1. The predicted molar refractivity (Wildman–Crippen MR) is 71.5 cm³/mol. The molecule has 0 bridgehead atoms. The third kappa shape index (κ3) is 2.96. The van der Waals surface area contributed by atoms with Gasteiger partial charge in [-0.15, -0.1) is 0 Å². The molecule has 3 rings (SSSR count). The first-order valence-corrected chi connectivity index (χ1v) is 6.04. The van der Waals surface area contributed by atoms with Crippen LogP contribution >= 0.6 is 11.6 Å². The summed E-state index contributed by atoms with van der Waals surface area (Å²) in [5.41, 5.74) is 1.19. The average molecular weight is 309 g/mol. The van der Waals surface area contributed by atoms with E-state index < -0.39 is 0 Å². The van der Waals surface area contributed by atoms with Gasteiger partial charge in [-0.2, -0.15) is 4.99 Å². The molecule has 0 aromatic carbocycles. The van der Waals surface area contributed by atoms with Crippen LogP contribution in [0.25, 0.3) is 0 Å². The van der Waals surface area contributed by atoms with Crippen LogP contribution in [-0.2, 0) is 0 Å². The SMILES string of the molecule is O=C(NC1=C[NH+]2C=CN=C2C=C1)c1ccc(Cl)nc1.[Cl-]. The smallest absolute Gasteiger partial charge is 0.257 e. The first-order chi connectivity index (χ1) is 9.22. The number of amides is 1. The van der Waals surface area contributed by atoms with Crippen molar-refractivity contribution in [2.45, 2.75) is 0 Å². The fraction of sp³-hybridized carbons (Fsp3) is 0. The van der Waals surface area contributed by atoms with Crippen LogP contribution in [0, 0.1) is 0 Å². The van der Waals surface area contributed by atoms with Gasteiger partial charge in [0.05, 0.1) is 17.5 Å². The third-order valence-corrected chi connectivity index (χ3v) is 2.97. The van der Waals surface area contributed by atoms with Gasteiger partial charge < -0.3 is 17.7 Å². The van der Waals surface area contributed by atoms with Gasteiger partial charge in [0, 0.05) is 12.3 Å². The van der Waals surface area contributed by atoms with Crippen molar-refractivity contribution in [1.82, 2.24) is 10.3 Å². The summed E-state index contributed by atoms with van der Waals surface area (Å²) >= 11 is 5.68. The lowest BCUT2D eigenvalue weighted by Crippen LogP contribution is -3.05. The first-order valence-electron chi connectivity index (χ1n) is 5.67. The van der Waals surface area contributed by atoms with Crippen molar-refractivity contribution in [3.63, 3.8) is 0 Å². The Hall–Kier alpha value is -1.95. The van der Waals surface area contributed by atoms with E-state index in [1.807, 2.05) is 24.6 Å². The highest BCUT2D eigenvalue weighted by molar-refractivity contribution is 6.29. The second-order valence-corrected chi connectivity index (χ2v) is 4.43. The molecule has 2 N–H and O–H groups in total. The van der Waals surface area contributed by atoms with Gasteiger partial charge in [-0.3, -0.25) is 4.79 Å². The summed E-state index contributed by atoms with van der Waals surface area (Å²) in [7, 11) is 0. The highest BCUT2D eigenvalue weighted by Crippen LogP contribution is 2.06. The molecule has 0 aliphatic carbocycles. The standard InChI is InChI=1S/C13H9ClN4O.ClH/c14-11-3-1-9(7-16-11)13(19)17-10-2-4-12-15-5-6-18(12)8-10;/h1-8H,(H,17,19);1H. The number of hydrogen-bond acceptors (Lipinski definition) is 3. The van der Waals surface area contributed by atoms with Gasteiger partial charge >= 0.3 is 0 Å². The van der Waals surface area contributed by atoms with Crippen LogP contribution in [-0.4, -0.2) is 16.7 Å². The number of halogens is 2. The van der Waals surface area contributed by atoms with Gasteiger partial charge in [0.2, 0.25) is 5.84 Å². The number of nitrogens with one attached hydrogen (secondary N) is 2. The Morgan fingerprint density at radius 2 is 2.15 bits per heavy atom. The van der Waals surface area contributed by atoms with Crippen LogP contribution < -0.4 is 22.6 Å². The maximum Gasteiger partial charge on any atom is 0.257 e. The third-order valence-electron chi connectivity index (χ3n) is 2.74. The van der Waals surface area contributed by atoms with Crippen molar-refractivity contribution in [3.05, 3.63) is 65.5 Å². The zero-order chi connectivity index (χ0) is 13.2. The van der Waals surface area contributed by atoms with Crippen molar-refractivity contribution in [1.29, 1.82) is 0 Å². The lowest BCUT2D eigenvalue weighted by Gasteiger charge is -2.12. The van der Waals surface area contributed by atoms with Crippen LogP contribution in [0.3, 0.4) is 0 Å². The predicted octanol–water partition coefficient (Wildman–Crippen LogP) is -2.35. The Bertz CT molecular complexity index is 647. The van der Waals surface area contributed by atoms with Crippen molar-refractivity contribution < 1.29 is 22.1 Å².